The van der Waals surface area contributed by atoms with Crippen LogP contribution in [0, 0.1) is 25.7 Å². The standard InChI is InChI=1S/C19H21BrO4/c1-10-7-11(2)15(14(20)8-10)16-17(21)12-3-4-19(23-5-6-24-19)9-13(12)18(16)22/h7-8,12-13,16H,3-6,9H2,1-2H3. The van der Waals surface area contributed by atoms with Gasteiger partial charge in [-0.2, -0.15) is 0 Å². The lowest BCUT2D eigenvalue weighted by Gasteiger charge is -2.36. The lowest BCUT2D eigenvalue weighted by Crippen LogP contribution is -2.41. The summed E-state index contributed by atoms with van der Waals surface area (Å²) >= 11 is 3.57. The van der Waals surface area contributed by atoms with E-state index in [9.17, 15) is 9.59 Å². The van der Waals surface area contributed by atoms with Gasteiger partial charge in [0.1, 0.15) is 5.92 Å². The van der Waals surface area contributed by atoms with Crippen molar-refractivity contribution in [2.24, 2.45) is 11.8 Å². The molecule has 24 heavy (non-hydrogen) atoms. The van der Waals surface area contributed by atoms with Gasteiger partial charge in [-0.15, -0.1) is 0 Å². The smallest absolute Gasteiger partial charge is 0.169 e. The molecule has 0 amide bonds. The van der Waals surface area contributed by atoms with Crippen molar-refractivity contribution in [2.75, 3.05) is 13.2 Å². The summed E-state index contributed by atoms with van der Waals surface area (Å²) in [5.41, 5.74) is 2.95. The van der Waals surface area contributed by atoms with E-state index in [1.54, 1.807) is 0 Å². The van der Waals surface area contributed by atoms with Gasteiger partial charge in [0.2, 0.25) is 0 Å². The molecule has 1 heterocycles. The number of carbonyl (C=O) groups excluding carboxylic acids is 2. The first-order valence-electron chi connectivity index (χ1n) is 8.54. The number of halogens is 1. The van der Waals surface area contributed by atoms with Gasteiger partial charge in [0.05, 0.1) is 13.2 Å². The van der Waals surface area contributed by atoms with E-state index < -0.39 is 11.7 Å². The van der Waals surface area contributed by atoms with Gasteiger partial charge >= 0.3 is 0 Å². The average Bonchev–Trinajstić information content (AvgIpc) is 3.05. The Balaban J connectivity index is 1.70. The second-order valence-electron chi connectivity index (χ2n) is 7.28. The van der Waals surface area contributed by atoms with Gasteiger partial charge in [0, 0.05) is 29.2 Å². The molecule has 3 fully saturated rings. The van der Waals surface area contributed by atoms with Gasteiger partial charge < -0.3 is 9.47 Å². The number of hydrogen-bond acceptors (Lipinski definition) is 4. The highest BCUT2D eigenvalue weighted by atomic mass is 79.9. The van der Waals surface area contributed by atoms with Crippen LogP contribution in [0.1, 0.15) is 41.9 Å². The van der Waals surface area contributed by atoms with Gasteiger partial charge in [-0.05, 0) is 43.0 Å². The Kier molecular flexibility index (Phi) is 3.94. The van der Waals surface area contributed by atoms with Crippen LogP contribution in [0.3, 0.4) is 0 Å². The SMILES string of the molecule is Cc1cc(C)c(C2C(=O)C3CCC4(CC3C2=O)OCCO4)c(Br)c1. The maximum Gasteiger partial charge on any atom is 0.169 e. The average molecular weight is 393 g/mol. The summed E-state index contributed by atoms with van der Waals surface area (Å²) in [7, 11) is 0. The molecule has 0 aromatic heterocycles. The molecule has 4 nitrogen and oxygen atoms in total. The number of Topliss-reactive ketones (excluding diaryl/α,β-unsaturated/α-hetero) is 2. The first-order valence-corrected chi connectivity index (χ1v) is 9.33. The van der Waals surface area contributed by atoms with Crippen LogP contribution in [0.25, 0.3) is 0 Å². The molecule has 2 aliphatic carbocycles. The van der Waals surface area contributed by atoms with E-state index in [1.165, 1.54) is 0 Å². The van der Waals surface area contributed by atoms with Crippen molar-refractivity contribution < 1.29 is 19.1 Å². The second kappa shape index (κ2) is 5.75. The van der Waals surface area contributed by atoms with Crippen molar-refractivity contribution in [3.8, 4) is 0 Å². The van der Waals surface area contributed by atoms with E-state index in [0.29, 0.717) is 32.5 Å². The zero-order chi connectivity index (χ0) is 17.1. The van der Waals surface area contributed by atoms with Crippen LogP contribution in [0.5, 0.6) is 0 Å². The maximum absolute atomic E-state index is 13.1. The highest BCUT2D eigenvalue weighted by Crippen LogP contribution is 2.50. The minimum Gasteiger partial charge on any atom is -0.348 e. The molecule has 2 saturated carbocycles. The van der Waals surface area contributed by atoms with Crippen LogP contribution in [-0.2, 0) is 19.1 Å². The van der Waals surface area contributed by atoms with Crippen LogP contribution >= 0.6 is 15.9 Å². The topological polar surface area (TPSA) is 52.6 Å². The Hall–Kier alpha value is -1.04. The number of fused-ring (bicyclic) bond motifs is 1. The number of aryl methyl sites for hydroxylation is 2. The normalized spacial score (nSPS) is 31.7. The zero-order valence-corrected chi connectivity index (χ0v) is 15.5. The fraction of sp³-hybridized carbons (Fsp3) is 0.579. The Morgan fingerprint density at radius 1 is 1.08 bits per heavy atom. The molecule has 0 bridgehead atoms. The zero-order valence-electron chi connectivity index (χ0n) is 13.9. The van der Waals surface area contributed by atoms with Crippen LogP contribution < -0.4 is 0 Å². The van der Waals surface area contributed by atoms with E-state index in [0.717, 1.165) is 21.2 Å². The minimum absolute atomic E-state index is 0.0378. The predicted octanol–water partition coefficient (Wildman–Crippen LogP) is 3.46. The Morgan fingerprint density at radius 2 is 1.75 bits per heavy atom. The van der Waals surface area contributed by atoms with Gasteiger partial charge in [0.15, 0.2) is 17.4 Å². The minimum atomic E-state index is -0.647. The fourth-order valence-corrected chi connectivity index (χ4v) is 5.60. The highest BCUT2D eigenvalue weighted by molar-refractivity contribution is 9.10. The van der Waals surface area contributed by atoms with E-state index in [-0.39, 0.29) is 23.4 Å². The van der Waals surface area contributed by atoms with E-state index in [4.69, 9.17) is 9.47 Å². The van der Waals surface area contributed by atoms with Crippen molar-refractivity contribution >= 4 is 27.5 Å². The molecule has 1 aromatic carbocycles. The summed E-state index contributed by atoms with van der Waals surface area (Å²) in [6.45, 7) is 5.13. The number of ether oxygens (including phenoxy) is 2. The molecule has 5 heteroatoms. The van der Waals surface area contributed by atoms with Crippen molar-refractivity contribution in [3.63, 3.8) is 0 Å². The lowest BCUT2D eigenvalue weighted by atomic mass is 9.77. The second-order valence-corrected chi connectivity index (χ2v) is 8.13. The van der Waals surface area contributed by atoms with Crippen LogP contribution in [0.15, 0.2) is 16.6 Å². The maximum atomic E-state index is 13.1. The highest BCUT2D eigenvalue weighted by Gasteiger charge is 2.57. The molecule has 1 spiro atoms. The third-order valence-electron chi connectivity index (χ3n) is 5.74. The van der Waals surface area contributed by atoms with Crippen molar-refractivity contribution in [3.05, 3.63) is 33.3 Å². The summed E-state index contributed by atoms with van der Waals surface area (Å²) < 4.78 is 12.4. The Morgan fingerprint density at radius 3 is 2.42 bits per heavy atom. The van der Waals surface area contributed by atoms with Crippen LogP contribution in [0.2, 0.25) is 0 Å². The van der Waals surface area contributed by atoms with Gasteiger partial charge in [-0.25, -0.2) is 0 Å². The third kappa shape index (κ3) is 2.40. The molecule has 1 saturated heterocycles. The van der Waals surface area contributed by atoms with E-state index in [2.05, 4.69) is 15.9 Å². The summed E-state index contributed by atoms with van der Waals surface area (Å²) in [6.07, 6.45) is 1.89. The molecular weight excluding hydrogens is 372 g/mol. The molecule has 4 rings (SSSR count). The van der Waals surface area contributed by atoms with Gasteiger partial charge in [0.25, 0.3) is 0 Å². The van der Waals surface area contributed by atoms with Crippen LogP contribution in [-0.4, -0.2) is 30.6 Å². The molecule has 128 valence electrons. The molecule has 3 aliphatic rings. The first-order chi connectivity index (χ1) is 11.4. The molecule has 1 aliphatic heterocycles. The van der Waals surface area contributed by atoms with Crippen LogP contribution in [0.4, 0.5) is 0 Å². The third-order valence-corrected chi connectivity index (χ3v) is 6.39. The summed E-state index contributed by atoms with van der Waals surface area (Å²) in [6, 6.07) is 4.02. The predicted molar refractivity (Wildman–Crippen MR) is 91.8 cm³/mol. The summed E-state index contributed by atoms with van der Waals surface area (Å²) in [5.74, 6) is -1.63. The number of carbonyl (C=O) groups is 2. The lowest BCUT2D eigenvalue weighted by molar-refractivity contribution is -0.193. The van der Waals surface area contributed by atoms with Crippen molar-refractivity contribution in [1.29, 1.82) is 0 Å². The van der Waals surface area contributed by atoms with Crippen molar-refractivity contribution in [2.45, 2.75) is 44.8 Å². The number of hydrogen-bond donors (Lipinski definition) is 0. The largest absolute Gasteiger partial charge is 0.348 e. The molecule has 0 N–H and O–H groups in total. The molecule has 0 radical (unpaired) electrons. The number of rotatable bonds is 1. The first kappa shape index (κ1) is 16.4. The van der Waals surface area contributed by atoms with E-state index in [1.807, 2.05) is 26.0 Å². The van der Waals surface area contributed by atoms with Gasteiger partial charge in [-0.1, -0.05) is 22.0 Å². The molecular formula is C19H21BrO4. The Labute approximate surface area is 150 Å². The number of ketones is 2. The monoisotopic (exact) mass is 392 g/mol. The van der Waals surface area contributed by atoms with Gasteiger partial charge in [-0.3, -0.25) is 9.59 Å². The molecule has 3 atom stereocenters. The number of benzene rings is 1. The summed E-state index contributed by atoms with van der Waals surface area (Å²) in [5, 5.41) is 0. The van der Waals surface area contributed by atoms with Crippen molar-refractivity contribution in [1.82, 2.24) is 0 Å². The quantitative estimate of drug-likeness (QED) is 0.686. The fourth-order valence-electron chi connectivity index (χ4n) is 4.70. The Bertz CT molecular complexity index is 697. The van der Waals surface area contributed by atoms with E-state index >= 15 is 0 Å². The molecule has 3 unspecified atom stereocenters. The summed E-state index contributed by atoms with van der Waals surface area (Å²) in [4.78, 5) is 26.1. The molecule has 1 aromatic rings.